The van der Waals surface area contributed by atoms with Gasteiger partial charge in [-0.2, -0.15) is 0 Å². The summed E-state index contributed by atoms with van der Waals surface area (Å²) in [5, 5.41) is 260. The van der Waals surface area contributed by atoms with E-state index in [0.29, 0.717) is 103 Å². The summed E-state index contributed by atoms with van der Waals surface area (Å²) in [5.74, 6) is -57.9. The lowest BCUT2D eigenvalue weighted by Crippen LogP contribution is -2.63. The molecule has 0 aromatic heterocycles. The lowest BCUT2D eigenvalue weighted by Gasteiger charge is -2.43. The monoisotopic (exact) mass is 1700 g/mol. The van der Waals surface area contributed by atoms with Crippen molar-refractivity contribution >= 4 is 59.7 Å². The Morgan fingerprint density at radius 3 is 0.697 bits per heavy atom. The Hall–Kier alpha value is -18.1. The number of phenols is 25. The van der Waals surface area contributed by atoms with Crippen LogP contribution in [0.1, 0.15) is 104 Å². The number of ether oxygens (including phenoxy) is 11. The van der Waals surface area contributed by atoms with E-state index in [1.165, 1.54) is 0 Å². The van der Waals surface area contributed by atoms with Gasteiger partial charge >= 0.3 is 59.7 Å². The van der Waals surface area contributed by atoms with E-state index < -0.39 is 325 Å². The first-order valence-electron chi connectivity index (χ1n) is 33.2. The van der Waals surface area contributed by atoms with Crippen molar-refractivity contribution in [2.24, 2.45) is 0 Å². The summed E-state index contributed by atoms with van der Waals surface area (Å²) >= 11 is 0. The standard InChI is InChI=1S/C76H52O46/c77-32-1-22(2-33(78)53(32)94)66(102)112-21-52-63(119-72(108)28-13-44(89)59(100)45(90)14-28)64(120-73(109)29-15-46(91)60(101)47(92)16-29)65(121-74(110)30-17-48(93)61(117-70(106)26-9-40(85)57(98)41(86)10-26)49(18-30)113-67(103)23-3-34(79)54(95)35(80)4-23)76(116-52)122-75(111)31-19-50(114-68(104)24-5-36(81)55(96)37(82)6-24)62(118-71(107)27-11-42(87)58(99)43(88)12-27)51(20-31)115-69(105)25-7-38(83)56(97)39(84)8-25/h1-20,52,63-65,76-101H,21H2/t52-,63-,64+,65-,76+/m1/s1. The molecule has 1 saturated heterocycles. The topological polar surface area (TPSA) is 778 Å². The van der Waals surface area contributed by atoms with Gasteiger partial charge in [0, 0.05) is 0 Å². The molecule has 1 fully saturated rings. The minimum Gasteiger partial charge on any atom is -0.504 e. The van der Waals surface area contributed by atoms with Crippen LogP contribution < -0.4 is 23.7 Å². The van der Waals surface area contributed by atoms with Crippen LogP contribution in [-0.2, 0) is 28.4 Å². The van der Waals surface area contributed by atoms with E-state index in [0.717, 1.165) is 0 Å². The minimum absolute atomic E-state index is 0.247. The molecule has 0 aliphatic carbocycles. The largest absolute Gasteiger partial charge is 0.504 e. The van der Waals surface area contributed by atoms with E-state index >= 15 is 9.59 Å². The Bertz CT molecular complexity index is 5810. The zero-order valence-corrected chi connectivity index (χ0v) is 59.9. The van der Waals surface area contributed by atoms with Crippen LogP contribution in [0.2, 0.25) is 0 Å². The quantitative estimate of drug-likeness (QED) is 0.0198. The fourth-order valence-electron chi connectivity index (χ4n) is 10.9. The highest BCUT2D eigenvalue weighted by molar-refractivity contribution is 6.01. The van der Waals surface area contributed by atoms with Crippen LogP contribution in [0.3, 0.4) is 0 Å². The molecule has 10 aromatic carbocycles. The number of phenolic OH excluding ortho intramolecular Hbond substituents is 25. The van der Waals surface area contributed by atoms with Crippen molar-refractivity contribution in [2.75, 3.05) is 6.61 Å². The van der Waals surface area contributed by atoms with E-state index in [-0.39, 0.29) is 18.2 Å². The van der Waals surface area contributed by atoms with E-state index in [4.69, 9.17) is 52.1 Å². The van der Waals surface area contributed by atoms with Crippen LogP contribution in [0.25, 0.3) is 0 Å². The van der Waals surface area contributed by atoms with Crippen LogP contribution in [0.5, 0.6) is 172 Å². The smallest absolute Gasteiger partial charge is 0.344 e. The Morgan fingerprint density at radius 1 is 0.213 bits per heavy atom. The number of rotatable bonds is 21. The first kappa shape index (κ1) is 84.8. The zero-order chi connectivity index (χ0) is 89.4. The lowest BCUT2D eigenvalue weighted by molar-refractivity contribution is -0.282. The van der Waals surface area contributed by atoms with Gasteiger partial charge in [-0.15, -0.1) is 0 Å². The zero-order valence-electron chi connectivity index (χ0n) is 59.9. The van der Waals surface area contributed by atoms with E-state index in [2.05, 4.69) is 0 Å². The number of benzene rings is 10. The number of carbonyl (C=O) groups is 10. The maximum atomic E-state index is 15.6. The molecule has 1 heterocycles. The summed E-state index contributed by atoms with van der Waals surface area (Å²) in [5.41, 5.74) is -10.5. The third kappa shape index (κ3) is 17.6. The van der Waals surface area contributed by atoms with Gasteiger partial charge in [0.2, 0.25) is 23.9 Å². The first-order valence-corrected chi connectivity index (χ1v) is 33.2. The summed E-state index contributed by atoms with van der Waals surface area (Å²) in [7, 11) is 0. The molecule has 1 aliphatic rings. The molecule has 0 radical (unpaired) electrons. The molecule has 122 heavy (non-hydrogen) atoms. The van der Waals surface area contributed by atoms with Crippen LogP contribution in [0, 0.1) is 0 Å². The summed E-state index contributed by atoms with van der Waals surface area (Å²) in [6.07, 6.45) is -14.9. The Balaban J connectivity index is 1.14. The van der Waals surface area contributed by atoms with Gasteiger partial charge in [-0.25, -0.2) is 47.9 Å². The van der Waals surface area contributed by atoms with Crippen molar-refractivity contribution in [2.45, 2.75) is 30.7 Å². The van der Waals surface area contributed by atoms with Gasteiger partial charge in [-0.1, -0.05) is 0 Å². The van der Waals surface area contributed by atoms with Gasteiger partial charge in [-0.05, 0) is 121 Å². The predicted octanol–water partition coefficient (Wildman–Crippen LogP) is 4.84. The summed E-state index contributed by atoms with van der Waals surface area (Å²) < 4.78 is 61.8. The number of hydrogen-bond donors (Lipinski definition) is 25. The molecule has 25 N–H and O–H groups in total. The van der Waals surface area contributed by atoms with Crippen molar-refractivity contribution in [3.63, 3.8) is 0 Å². The van der Waals surface area contributed by atoms with Crippen LogP contribution in [-0.4, -0.2) is 225 Å². The number of carbonyl (C=O) groups excluding carboxylic acids is 10. The molecule has 0 amide bonds. The van der Waals surface area contributed by atoms with Gasteiger partial charge in [0.05, 0.1) is 55.6 Å². The number of aromatic hydroxyl groups is 25. The average molecular weight is 1700 g/mol. The molecule has 0 spiro atoms. The first-order chi connectivity index (χ1) is 57.4. The lowest BCUT2D eigenvalue weighted by atomic mass is 9.97. The predicted molar refractivity (Wildman–Crippen MR) is 383 cm³/mol. The molecule has 0 unspecified atom stereocenters. The Labute approximate surface area is 671 Å². The third-order valence-electron chi connectivity index (χ3n) is 16.9. The Kier molecular flexibility index (Phi) is 23.2. The maximum Gasteiger partial charge on any atom is 0.344 e. The van der Waals surface area contributed by atoms with Gasteiger partial charge in [0.25, 0.3) is 0 Å². The molecule has 11 rings (SSSR count). The second kappa shape index (κ2) is 33.4. The fraction of sp³-hybridized carbons (Fsp3) is 0.0789. The van der Waals surface area contributed by atoms with E-state index in [1.54, 1.807) is 0 Å². The highest BCUT2D eigenvalue weighted by atomic mass is 16.8. The maximum absolute atomic E-state index is 15.6. The Morgan fingerprint density at radius 2 is 0.410 bits per heavy atom. The fourth-order valence-corrected chi connectivity index (χ4v) is 10.9. The van der Waals surface area contributed by atoms with Crippen molar-refractivity contribution in [1.29, 1.82) is 0 Å². The van der Waals surface area contributed by atoms with Crippen LogP contribution in [0.15, 0.2) is 121 Å². The molecule has 46 nitrogen and oxygen atoms in total. The molecule has 1 aliphatic heterocycles. The van der Waals surface area contributed by atoms with Gasteiger partial charge < -0.3 is 180 Å². The highest BCUT2D eigenvalue weighted by Crippen LogP contribution is 2.49. The van der Waals surface area contributed by atoms with Crippen molar-refractivity contribution in [3.8, 4) is 172 Å². The van der Waals surface area contributed by atoms with E-state index in [9.17, 15) is 166 Å². The number of hydrogen-bond acceptors (Lipinski definition) is 46. The second-order valence-electron chi connectivity index (χ2n) is 25.1. The minimum atomic E-state index is -3.19. The molecule has 46 heteroatoms. The molecule has 10 aromatic rings. The summed E-state index contributed by atoms with van der Waals surface area (Å²) in [4.78, 5) is 145. The van der Waals surface area contributed by atoms with Gasteiger partial charge in [-0.3, -0.25) is 0 Å². The number of esters is 10. The third-order valence-corrected chi connectivity index (χ3v) is 16.9. The highest BCUT2D eigenvalue weighted by Gasteiger charge is 2.55. The molecular formula is C76H52O46. The molecule has 632 valence electrons. The normalized spacial score (nSPS) is 14.6. The van der Waals surface area contributed by atoms with Crippen molar-refractivity contribution < 1.29 is 228 Å². The molecule has 0 saturated carbocycles. The molecule has 0 bridgehead atoms. The van der Waals surface area contributed by atoms with Crippen LogP contribution in [0.4, 0.5) is 0 Å². The van der Waals surface area contributed by atoms with E-state index in [1.807, 2.05) is 0 Å². The average Bonchev–Trinajstić information content (AvgIpc) is 0.762. The van der Waals surface area contributed by atoms with Crippen molar-refractivity contribution in [1.82, 2.24) is 0 Å². The van der Waals surface area contributed by atoms with Gasteiger partial charge in [0.1, 0.15) is 12.7 Å². The van der Waals surface area contributed by atoms with Gasteiger partial charge in [0.15, 0.2) is 173 Å². The van der Waals surface area contributed by atoms with Crippen LogP contribution >= 0.6 is 0 Å². The summed E-state index contributed by atoms with van der Waals surface area (Å²) in [6.45, 7) is -1.63. The SMILES string of the molecule is O=C(OC[C@H]1O[C@@H](OC(=O)c2cc(OC(=O)c3cc(O)c(O)c(O)c3)c(OC(=O)c3cc(O)c(O)c(O)c3)c(OC(=O)c3cc(O)c(O)c(O)c3)c2)[C@H](OC(=O)c2cc(O)c(OC(=O)c3cc(O)c(O)c(O)c3)c(OC(=O)c3cc(O)c(O)c(O)c3)c2)[C@@H](OC(=O)c2cc(O)c(O)c(O)c2)[C@@H]1OC(=O)c1cc(O)c(O)c(O)c1)c1cc(O)c(O)c(O)c1. The van der Waals surface area contributed by atoms with Crippen molar-refractivity contribution in [3.05, 3.63) is 177 Å². The second-order valence-corrected chi connectivity index (χ2v) is 25.1. The molecule has 5 atom stereocenters. The summed E-state index contributed by atoms with van der Waals surface area (Å²) in [6, 6.07) is 7.80. The molecular weight excluding hydrogens is 1650 g/mol.